The van der Waals surface area contributed by atoms with Crippen molar-refractivity contribution in [3.63, 3.8) is 0 Å². The minimum absolute atomic E-state index is 0.0821. The summed E-state index contributed by atoms with van der Waals surface area (Å²) in [4.78, 5) is 10.5. The molecule has 0 unspecified atom stereocenters. The van der Waals surface area contributed by atoms with Crippen molar-refractivity contribution >= 4 is 21.4 Å². The molecule has 0 atom stereocenters. The first-order valence-corrected chi connectivity index (χ1v) is 9.41. The molecule has 7 nitrogen and oxygen atoms in total. The molecule has 0 saturated carbocycles. The van der Waals surface area contributed by atoms with Crippen LogP contribution in [0.2, 0.25) is 0 Å². The van der Waals surface area contributed by atoms with Crippen LogP contribution in [0.3, 0.4) is 0 Å². The number of non-ortho nitro benzene ring substituents is 1. The molecule has 0 aliphatic heterocycles. The number of hydrogen-bond acceptors (Lipinski definition) is 5. The van der Waals surface area contributed by atoms with Crippen LogP contribution in [0.5, 0.6) is 5.75 Å². The molecule has 0 heterocycles. The second-order valence-electron chi connectivity index (χ2n) is 6.20. The van der Waals surface area contributed by atoms with Gasteiger partial charge in [-0.15, -0.1) is 0 Å². The number of nitro benzene ring substituents is 1. The Hall–Kier alpha value is -2.61. The number of sulfonamides is 1. The molecule has 0 saturated heterocycles. The highest BCUT2D eigenvalue weighted by atomic mass is 32.2. The molecule has 2 aromatic rings. The average molecular weight is 378 g/mol. The van der Waals surface area contributed by atoms with Gasteiger partial charge in [-0.3, -0.25) is 14.8 Å². The topological polar surface area (TPSA) is 98.5 Å². The molecule has 140 valence electrons. The van der Waals surface area contributed by atoms with E-state index in [0.717, 1.165) is 16.7 Å². The van der Waals surface area contributed by atoms with Gasteiger partial charge < -0.3 is 4.74 Å². The summed E-state index contributed by atoms with van der Waals surface area (Å²) in [5.41, 5.74) is 4.23. The number of rotatable bonds is 5. The van der Waals surface area contributed by atoms with E-state index >= 15 is 0 Å². The van der Waals surface area contributed by atoms with Crippen molar-refractivity contribution < 1.29 is 18.1 Å². The SMILES string of the molecule is COc1cc([N+](=O)[O-])ccc1NS(=O)(=O)c1c(C)c(C)c(C)c(C)c1C. The molecule has 0 bridgehead atoms. The van der Waals surface area contributed by atoms with E-state index in [9.17, 15) is 18.5 Å². The maximum absolute atomic E-state index is 13.0. The van der Waals surface area contributed by atoms with Crippen molar-refractivity contribution in [3.05, 3.63) is 56.1 Å². The summed E-state index contributed by atoms with van der Waals surface area (Å²) in [6, 6.07) is 3.74. The molecule has 0 radical (unpaired) electrons. The summed E-state index contributed by atoms with van der Waals surface area (Å²) in [7, 11) is -2.58. The lowest BCUT2D eigenvalue weighted by Gasteiger charge is -2.20. The molecular formula is C18H22N2O5S. The van der Waals surface area contributed by atoms with Crippen LogP contribution in [-0.4, -0.2) is 20.5 Å². The van der Waals surface area contributed by atoms with Gasteiger partial charge in [-0.1, -0.05) is 0 Å². The van der Waals surface area contributed by atoms with Crippen LogP contribution in [0, 0.1) is 44.7 Å². The van der Waals surface area contributed by atoms with Crippen molar-refractivity contribution in [2.45, 2.75) is 39.5 Å². The Morgan fingerprint density at radius 3 is 1.92 bits per heavy atom. The predicted molar refractivity (Wildman–Crippen MR) is 101 cm³/mol. The van der Waals surface area contributed by atoms with E-state index in [1.54, 1.807) is 13.8 Å². The predicted octanol–water partition coefficient (Wildman–Crippen LogP) is 3.95. The fourth-order valence-electron chi connectivity index (χ4n) is 2.94. The first-order valence-electron chi connectivity index (χ1n) is 7.93. The Bertz CT molecular complexity index is 968. The first-order chi connectivity index (χ1) is 12.0. The van der Waals surface area contributed by atoms with E-state index in [2.05, 4.69) is 4.72 Å². The Kier molecular flexibility index (Phi) is 5.27. The Morgan fingerprint density at radius 1 is 0.962 bits per heavy atom. The van der Waals surface area contributed by atoms with Crippen molar-refractivity contribution in [3.8, 4) is 5.75 Å². The third-order valence-electron chi connectivity index (χ3n) is 4.84. The summed E-state index contributed by atoms with van der Waals surface area (Å²) in [6.07, 6.45) is 0. The van der Waals surface area contributed by atoms with E-state index in [0.29, 0.717) is 11.1 Å². The maximum atomic E-state index is 13.0. The Balaban J connectivity index is 2.60. The van der Waals surface area contributed by atoms with Gasteiger partial charge >= 0.3 is 0 Å². The number of hydrogen-bond donors (Lipinski definition) is 1. The summed E-state index contributed by atoms with van der Waals surface area (Å²) in [6.45, 7) is 9.30. The van der Waals surface area contributed by atoms with Crippen molar-refractivity contribution in [1.29, 1.82) is 0 Å². The van der Waals surface area contributed by atoms with Gasteiger partial charge in [-0.05, 0) is 68.5 Å². The van der Waals surface area contributed by atoms with Gasteiger partial charge in [0.1, 0.15) is 5.75 Å². The Morgan fingerprint density at radius 2 is 1.46 bits per heavy atom. The van der Waals surface area contributed by atoms with Gasteiger partial charge in [0, 0.05) is 6.07 Å². The zero-order valence-electron chi connectivity index (χ0n) is 15.6. The second-order valence-corrected chi connectivity index (χ2v) is 7.82. The van der Waals surface area contributed by atoms with Crippen LogP contribution in [0.15, 0.2) is 23.1 Å². The van der Waals surface area contributed by atoms with Crippen LogP contribution in [0.1, 0.15) is 27.8 Å². The number of nitrogens with zero attached hydrogens (tertiary/aromatic N) is 1. The lowest BCUT2D eigenvalue weighted by atomic mass is 9.95. The zero-order valence-corrected chi connectivity index (χ0v) is 16.4. The zero-order chi connectivity index (χ0) is 19.8. The molecule has 0 fully saturated rings. The number of nitrogens with one attached hydrogen (secondary N) is 1. The van der Waals surface area contributed by atoms with E-state index in [1.165, 1.54) is 25.3 Å². The molecular weight excluding hydrogens is 356 g/mol. The van der Waals surface area contributed by atoms with Gasteiger partial charge in [0.05, 0.1) is 28.7 Å². The fourth-order valence-corrected chi connectivity index (χ4v) is 4.61. The summed E-state index contributed by atoms with van der Waals surface area (Å²) >= 11 is 0. The average Bonchev–Trinajstić information content (AvgIpc) is 2.57. The molecule has 0 amide bonds. The minimum Gasteiger partial charge on any atom is -0.494 e. The lowest BCUT2D eigenvalue weighted by Crippen LogP contribution is -2.18. The summed E-state index contributed by atoms with van der Waals surface area (Å²) in [5, 5.41) is 10.9. The third kappa shape index (κ3) is 3.37. The normalized spacial score (nSPS) is 11.3. The number of benzene rings is 2. The highest BCUT2D eigenvalue weighted by Crippen LogP contribution is 2.34. The standard InChI is InChI=1S/C18H22N2O5S/c1-10-11(2)13(4)18(14(5)12(10)3)26(23,24)19-16-8-7-15(20(21)22)9-17(16)25-6/h7-9,19H,1-6H3. The smallest absolute Gasteiger partial charge is 0.273 e. The molecule has 8 heteroatoms. The number of ether oxygens (including phenoxy) is 1. The maximum Gasteiger partial charge on any atom is 0.273 e. The molecule has 26 heavy (non-hydrogen) atoms. The number of methoxy groups -OCH3 is 1. The number of anilines is 1. The van der Waals surface area contributed by atoms with Crippen LogP contribution >= 0.6 is 0 Å². The fraction of sp³-hybridized carbons (Fsp3) is 0.333. The highest BCUT2D eigenvalue weighted by Gasteiger charge is 2.25. The van der Waals surface area contributed by atoms with Gasteiger partial charge in [0.2, 0.25) is 0 Å². The van der Waals surface area contributed by atoms with E-state index < -0.39 is 14.9 Å². The second kappa shape index (κ2) is 6.95. The van der Waals surface area contributed by atoms with Crippen LogP contribution in [0.4, 0.5) is 11.4 Å². The third-order valence-corrected chi connectivity index (χ3v) is 6.48. The van der Waals surface area contributed by atoms with Crippen molar-refractivity contribution in [2.75, 3.05) is 11.8 Å². The molecule has 0 spiro atoms. The lowest BCUT2D eigenvalue weighted by molar-refractivity contribution is -0.384. The molecule has 0 aromatic heterocycles. The van der Waals surface area contributed by atoms with Gasteiger partial charge in [-0.2, -0.15) is 0 Å². The van der Waals surface area contributed by atoms with E-state index in [1.807, 2.05) is 20.8 Å². The monoisotopic (exact) mass is 378 g/mol. The molecule has 2 rings (SSSR count). The van der Waals surface area contributed by atoms with E-state index in [4.69, 9.17) is 4.74 Å². The van der Waals surface area contributed by atoms with Crippen LogP contribution in [0.25, 0.3) is 0 Å². The molecule has 0 aliphatic carbocycles. The van der Waals surface area contributed by atoms with Gasteiger partial charge in [0.25, 0.3) is 15.7 Å². The molecule has 0 aliphatic rings. The first kappa shape index (κ1) is 19.7. The molecule has 1 N–H and O–H groups in total. The van der Waals surface area contributed by atoms with Crippen LogP contribution in [-0.2, 0) is 10.0 Å². The van der Waals surface area contributed by atoms with Crippen molar-refractivity contribution in [1.82, 2.24) is 0 Å². The summed E-state index contributed by atoms with van der Waals surface area (Å²) in [5.74, 6) is 0.0821. The summed E-state index contributed by atoms with van der Waals surface area (Å²) < 4.78 is 33.7. The highest BCUT2D eigenvalue weighted by molar-refractivity contribution is 7.92. The largest absolute Gasteiger partial charge is 0.494 e. The Labute approximate surface area is 153 Å². The minimum atomic E-state index is -3.90. The van der Waals surface area contributed by atoms with Crippen LogP contribution < -0.4 is 9.46 Å². The van der Waals surface area contributed by atoms with E-state index in [-0.39, 0.29) is 22.0 Å². The quantitative estimate of drug-likeness (QED) is 0.627. The van der Waals surface area contributed by atoms with Gasteiger partial charge in [-0.25, -0.2) is 8.42 Å². The molecule has 2 aromatic carbocycles. The van der Waals surface area contributed by atoms with Crippen molar-refractivity contribution in [2.24, 2.45) is 0 Å². The van der Waals surface area contributed by atoms with Gasteiger partial charge in [0.15, 0.2) is 0 Å². The number of nitro groups is 1.